The zero-order valence-electron chi connectivity index (χ0n) is 31.1. The minimum atomic E-state index is -2.28. The number of ether oxygens (including phenoxy) is 7. The van der Waals surface area contributed by atoms with Crippen LogP contribution in [0.2, 0.25) is 0 Å². The SMILES string of the molecule is CCCCCCCC(=O)O[C@H]1/C(=C/C(=O)OC)C[C@H]2C[C@H](CO)OC(=O)C[C@H](O)C[C@@H]3C[C@H](O)C[C@H](C[C@@H]4CCO[C@H](/C=C/C(C)(C)[C@]1(O)O2)O4)O3. The summed E-state index contributed by atoms with van der Waals surface area (Å²) in [7, 11) is 1.21. The Morgan fingerprint density at radius 1 is 0.942 bits per heavy atom. The highest BCUT2D eigenvalue weighted by Crippen LogP contribution is 2.47. The molecule has 6 bridgehead atoms. The van der Waals surface area contributed by atoms with Crippen molar-refractivity contribution < 1.29 is 68.0 Å². The van der Waals surface area contributed by atoms with Gasteiger partial charge < -0.3 is 53.6 Å². The second kappa shape index (κ2) is 19.8. The quantitative estimate of drug-likeness (QED) is 0.0884. The number of carbonyl (C=O) groups is 3. The molecule has 0 aromatic carbocycles. The summed E-state index contributed by atoms with van der Waals surface area (Å²) in [6.45, 7) is 5.26. The maximum absolute atomic E-state index is 13.3. The Kier molecular flexibility index (Phi) is 16.1. The van der Waals surface area contributed by atoms with Gasteiger partial charge in [-0.25, -0.2) is 4.79 Å². The van der Waals surface area contributed by atoms with Crippen LogP contribution >= 0.6 is 0 Å². The monoisotopic (exact) mass is 740 g/mol. The van der Waals surface area contributed by atoms with Gasteiger partial charge in [-0.1, -0.05) is 52.5 Å². The molecule has 0 saturated carbocycles. The first-order valence-electron chi connectivity index (χ1n) is 18.9. The Labute approximate surface area is 306 Å². The van der Waals surface area contributed by atoms with Crippen LogP contribution in [0.5, 0.6) is 0 Å². The van der Waals surface area contributed by atoms with E-state index in [1.165, 1.54) is 13.2 Å². The van der Waals surface area contributed by atoms with Gasteiger partial charge in [0.15, 0.2) is 12.4 Å². The molecule has 52 heavy (non-hydrogen) atoms. The van der Waals surface area contributed by atoms with Crippen LogP contribution in [0, 0.1) is 5.41 Å². The van der Waals surface area contributed by atoms with Gasteiger partial charge in [0, 0.05) is 37.2 Å². The van der Waals surface area contributed by atoms with Gasteiger partial charge in [0.1, 0.15) is 6.10 Å². The molecule has 10 atom stereocenters. The van der Waals surface area contributed by atoms with Crippen LogP contribution in [0.25, 0.3) is 0 Å². The summed E-state index contributed by atoms with van der Waals surface area (Å²) >= 11 is 0. The molecule has 4 rings (SSSR count). The van der Waals surface area contributed by atoms with E-state index < -0.39 is 78.6 Å². The number of unbranched alkanes of at least 4 members (excludes halogenated alkanes) is 4. The number of aliphatic hydroxyl groups excluding tert-OH is 3. The number of hydrogen-bond acceptors (Lipinski definition) is 14. The molecule has 0 aromatic heterocycles. The van der Waals surface area contributed by atoms with Crippen LogP contribution in [0.4, 0.5) is 0 Å². The smallest absolute Gasteiger partial charge is 0.330 e. The van der Waals surface area contributed by atoms with Crippen LogP contribution in [0.3, 0.4) is 0 Å². The van der Waals surface area contributed by atoms with Crippen molar-refractivity contribution in [2.75, 3.05) is 20.3 Å². The maximum atomic E-state index is 13.3. The zero-order chi connectivity index (χ0) is 37.9. The average molecular weight is 741 g/mol. The molecule has 4 aliphatic rings. The fourth-order valence-corrected chi connectivity index (χ4v) is 7.44. The zero-order valence-corrected chi connectivity index (χ0v) is 31.1. The molecule has 0 unspecified atom stereocenters. The van der Waals surface area contributed by atoms with Gasteiger partial charge in [-0.15, -0.1) is 0 Å². The highest BCUT2D eigenvalue weighted by atomic mass is 16.7. The maximum Gasteiger partial charge on any atom is 0.330 e. The second-order valence-electron chi connectivity index (χ2n) is 15.1. The lowest BCUT2D eigenvalue weighted by Gasteiger charge is -2.51. The summed E-state index contributed by atoms with van der Waals surface area (Å²) in [5, 5.41) is 44.2. The molecule has 4 N–H and O–H groups in total. The average Bonchev–Trinajstić information content (AvgIpc) is 3.07. The number of rotatable bonds is 9. The van der Waals surface area contributed by atoms with E-state index >= 15 is 0 Å². The van der Waals surface area contributed by atoms with Gasteiger partial charge in [0.2, 0.25) is 5.79 Å². The van der Waals surface area contributed by atoms with Crippen molar-refractivity contribution in [1.82, 2.24) is 0 Å². The van der Waals surface area contributed by atoms with Crippen molar-refractivity contribution in [3.8, 4) is 0 Å². The molecular formula is C38H60O14. The molecule has 3 fully saturated rings. The van der Waals surface area contributed by atoms with Crippen LogP contribution in [0.1, 0.15) is 111 Å². The third-order valence-electron chi connectivity index (χ3n) is 10.3. The van der Waals surface area contributed by atoms with Crippen LogP contribution in [-0.2, 0) is 47.5 Å². The van der Waals surface area contributed by atoms with Crippen LogP contribution in [-0.4, -0.2) is 120 Å². The first-order valence-corrected chi connectivity index (χ1v) is 18.9. The van der Waals surface area contributed by atoms with Gasteiger partial charge >= 0.3 is 17.9 Å². The first-order chi connectivity index (χ1) is 24.7. The van der Waals surface area contributed by atoms with Gasteiger partial charge in [-0.2, -0.15) is 0 Å². The number of hydrogen-bond donors (Lipinski definition) is 4. The van der Waals surface area contributed by atoms with E-state index in [9.17, 15) is 34.8 Å². The molecule has 0 spiro atoms. The standard InChI is InChI=1S/C38H60O14/c1-5-6-7-8-9-10-32(42)51-36-24(16-33(43)46-4)15-30-22-31(23-39)49-34(44)20-26(41)19-28-17-25(40)18-29(48-28)21-27-12-14-47-35(50-27)11-13-37(2,3)38(36,45)52-30/h11,13,16,25-31,35-36,39-41,45H,5-10,12,14-15,17-23H2,1-4H3/b13-11+,24-16+/t25-,26+,27-,28-,29+,30-,31+,35-,36-,38+/m0/s1. The number of esters is 3. The van der Waals surface area contributed by atoms with Crippen LogP contribution in [0.15, 0.2) is 23.8 Å². The molecule has 0 aliphatic carbocycles. The van der Waals surface area contributed by atoms with Gasteiger partial charge in [0.25, 0.3) is 0 Å². The summed E-state index contributed by atoms with van der Waals surface area (Å²) in [5.74, 6) is -4.34. The van der Waals surface area contributed by atoms with Crippen LogP contribution < -0.4 is 0 Å². The van der Waals surface area contributed by atoms with E-state index in [-0.39, 0.29) is 49.9 Å². The Morgan fingerprint density at radius 3 is 2.37 bits per heavy atom. The summed E-state index contributed by atoms with van der Waals surface area (Å²) < 4.78 is 41.2. The molecule has 14 nitrogen and oxygen atoms in total. The second-order valence-corrected chi connectivity index (χ2v) is 15.1. The molecule has 4 aliphatic heterocycles. The Hall–Kier alpha value is -2.43. The normalized spacial score (nSPS) is 37.3. The van der Waals surface area contributed by atoms with Gasteiger partial charge in [-0.05, 0) is 43.8 Å². The predicted molar refractivity (Wildman–Crippen MR) is 185 cm³/mol. The van der Waals surface area contributed by atoms with E-state index in [2.05, 4.69) is 6.92 Å². The van der Waals surface area contributed by atoms with E-state index in [0.29, 0.717) is 38.7 Å². The van der Waals surface area contributed by atoms with E-state index in [4.69, 9.17) is 33.2 Å². The van der Waals surface area contributed by atoms with Crippen molar-refractivity contribution >= 4 is 17.9 Å². The van der Waals surface area contributed by atoms with Crippen molar-refractivity contribution in [1.29, 1.82) is 0 Å². The molecule has 0 amide bonds. The first kappa shape index (κ1) is 42.3. The van der Waals surface area contributed by atoms with Gasteiger partial charge in [0.05, 0.1) is 63.4 Å². The van der Waals surface area contributed by atoms with Gasteiger partial charge in [-0.3, -0.25) is 9.59 Å². The lowest BCUT2D eigenvalue weighted by Crippen LogP contribution is -2.62. The molecule has 14 heteroatoms. The number of carbonyl (C=O) groups excluding carboxylic acids is 3. The number of methoxy groups -OCH3 is 1. The fraction of sp³-hybridized carbons (Fsp3) is 0.816. The summed E-state index contributed by atoms with van der Waals surface area (Å²) in [6, 6.07) is 0. The summed E-state index contributed by atoms with van der Waals surface area (Å²) in [6.07, 6.45) is 3.30. The topological polar surface area (TPSA) is 197 Å². The van der Waals surface area contributed by atoms with Crippen molar-refractivity contribution in [2.24, 2.45) is 5.41 Å². The highest BCUT2D eigenvalue weighted by Gasteiger charge is 2.57. The molecule has 296 valence electrons. The largest absolute Gasteiger partial charge is 0.466 e. The van der Waals surface area contributed by atoms with E-state index in [1.54, 1.807) is 26.0 Å². The van der Waals surface area contributed by atoms with E-state index in [1.807, 2.05) is 0 Å². The molecule has 3 saturated heterocycles. The van der Waals surface area contributed by atoms with Crippen molar-refractivity contribution in [2.45, 2.75) is 172 Å². The number of cyclic esters (lactones) is 1. The summed E-state index contributed by atoms with van der Waals surface area (Å²) in [4.78, 5) is 38.9. The molecule has 4 heterocycles. The van der Waals surface area contributed by atoms with E-state index in [0.717, 1.165) is 25.7 Å². The lowest BCUT2D eigenvalue weighted by molar-refractivity contribution is -0.327. The number of fused-ring (bicyclic) bond motifs is 6. The van der Waals surface area contributed by atoms with Crippen molar-refractivity contribution in [3.63, 3.8) is 0 Å². The summed E-state index contributed by atoms with van der Waals surface area (Å²) in [5.41, 5.74) is -1.10. The third kappa shape index (κ3) is 12.0. The Morgan fingerprint density at radius 2 is 1.65 bits per heavy atom. The molecule has 0 aromatic rings. The minimum Gasteiger partial charge on any atom is -0.466 e. The lowest BCUT2D eigenvalue weighted by atomic mass is 9.74. The highest BCUT2D eigenvalue weighted by molar-refractivity contribution is 5.83. The van der Waals surface area contributed by atoms with Crippen molar-refractivity contribution in [3.05, 3.63) is 23.8 Å². The predicted octanol–water partition coefficient (Wildman–Crippen LogP) is 3.30. The fourth-order valence-electron chi connectivity index (χ4n) is 7.44. The third-order valence-corrected chi connectivity index (χ3v) is 10.3. The molecule has 0 radical (unpaired) electrons. The molecular weight excluding hydrogens is 680 g/mol. The number of aliphatic hydroxyl groups is 4. The minimum absolute atomic E-state index is 0.0264. The Balaban J connectivity index is 1.68. The Bertz CT molecular complexity index is 1230.